The van der Waals surface area contributed by atoms with E-state index >= 15 is 0 Å². The predicted octanol–water partition coefficient (Wildman–Crippen LogP) is 3.62. The van der Waals surface area contributed by atoms with Gasteiger partial charge in [0.1, 0.15) is 0 Å². The van der Waals surface area contributed by atoms with Gasteiger partial charge in [-0.15, -0.1) is 0 Å². The highest BCUT2D eigenvalue weighted by molar-refractivity contribution is 7.97. The van der Waals surface area contributed by atoms with E-state index in [0.29, 0.717) is 5.56 Å². The Balaban J connectivity index is 2.23. The minimum atomic E-state index is -4.61. The summed E-state index contributed by atoms with van der Waals surface area (Å²) in [5, 5.41) is 3.32. The monoisotopic (exact) mass is 274 g/mol. The molecule has 0 bridgehead atoms. The quantitative estimate of drug-likeness (QED) is 0.857. The fourth-order valence-electron chi connectivity index (χ4n) is 1.37. The van der Waals surface area contributed by atoms with Gasteiger partial charge in [0.25, 0.3) is 0 Å². The van der Waals surface area contributed by atoms with Gasteiger partial charge in [0.2, 0.25) is 5.82 Å². The molecular formula is C11H9F3N2OS. The third-order valence-corrected chi connectivity index (χ3v) is 2.81. The molecule has 18 heavy (non-hydrogen) atoms. The van der Waals surface area contributed by atoms with Crippen LogP contribution < -0.4 is 0 Å². The molecule has 0 saturated heterocycles. The van der Waals surface area contributed by atoms with E-state index in [9.17, 15) is 13.2 Å². The van der Waals surface area contributed by atoms with Crippen LogP contribution in [0.3, 0.4) is 0 Å². The number of hydrogen-bond acceptors (Lipinski definition) is 4. The van der Waals surface area contributed by atoms with Gasteiger partial charge in [0.05, 0.1) is 0 Å². The van der Waals surface area contributed by atoms with E-state index < -0.39 is 12.1 Å². The molecule has 7 heteroatoms. The van der Waals surface area contributed by atoms with E-state index in [1.807, 2.05) is 18.4 Å². The topological polar surface area (TPSA) is 38.9 Å². The summed E-state index contributed by atoms with van der Waals surface area (Å²) >= 11 is 1.67. The maximum Gasteiger partial charge on any atom is 0.471 e. The number of thioether (sulfide) groups is 1. The van der Waals surface area contributed by atoms with Gasteiger partial charge in [-0.2, -0.15) is 29.9 Å². The van der Waals surface area contributed by atoms with E-state index in [4.69, 9.17) is 0 Å². The lowest BCUT2D eigenvalue weighted by atomic mass is 10.1. The average Bonchev–Trinajstić information content (AvgIpc) is 2.79. The number of alkyl halides is 3. The molecule has 0 amide bonds. The van der Waals surface area contributed by atoms with Crippen LogP contribution in [0.15, 0.2) is 28.8 Å². The number of nitrogens with zero attached hydrogens (tertiary/aromatic N) is 2. The smallest absolute Gasteiger partial charge is 0.329 e. The molecule has 3 nitrogen and oxygen atoms in total. The van der Waals surface area contributed by atoms with E-state index in [2.05, 4.69) is 14.7 Å². The number of rotatable bonds is 3. The van der Waals surface area contributed by atoms with Crippen molar-refractivity contribution in [1.29, 1.82) is 0 Å². The van der Waals surface area contributed by atoms with E-state index in [1.165, 1.54) is 0 Å². The van der Waals surface area contributed by atoms with E-state index in [1.54, 1.807) is 23.9 Å². The van der Waals surface area contributed by atoms with Gasteiger partial charge in [0.15, 0.2) is 0 Å². The van der Waals surface area contributed by atoms with Gasteiger partial charge in [0, 0.05) is 11.3 Å². The second-order valence-corrected chi connectivity index (χ2v) is 4.42. The molecule has 0 saturated carbocycles. The van der Waals surface area contributed by atoms with Crippen molar-refractivity contribution in [3.63, 3.8) is 0 Å². The average molecular weight is 274 g/mol. The van der Waals surface area contributed by atoms with Crippen molar-refractivity contribution in [2.24, 2.45) is 0 Å². The first-order chi connectivity index (χ1) is 8.50. The molecule has 1 aromatic carbocycles. The number of halogens is 3. The zero-order valence-corrected chi connectivity index (χ0v) is 10.2. The molecular weight excluding hydrogens is 265 g/mol. The highest BCUT2D eigenvalue weighted by Gasteiger charge is 2.38. The van der Waals surface area contributed by atoms with Crippen LogP contribution in [0.2, 0.25) is 0 Å². The molecule has 0 spiro atoms. The first kappa shape index (κ1) is 12.9. The van der Waals surface area contributed by atoms with Crippen molar-refractivity contribution in [3.8, 4) is 11.4 Å². The standard InChI is InChI=1S/C11H9F3N2OS/c1-18-6-7-2-4-8(5-3-7)9-15-10(17-16-9)11(12,13)14/h2-5H,6H2,1H3. The first-order valence-electron chi connectivity index (χ1n) is 5.00. The summed E-state index contributed by atoms with van der Waals surface area (Å²) in [6.45, 7) is 0. The summed E-state index contributed by atoms with van der Waals surface area (Å²) in [4.78, 5) is 3.32. The Morgan fingerprint density at radius 2 is 1.89 bits per heavy atom. The third-order valence-electron chi connectivity index (χ3n) is 2.19. The largest absolute Gasteiger partial charge is 0.471 e. The fourth-order valence-corrected chi connectivity index (χ4v) is 1.90. The van der Waals surface area contributed by atoms with Gasteiger partial charge in [-0.3, -0.25) is 0 Å². The number of aromatic nitrogens is 2. The zero-order valence-electron chi connectivity index (χ0n) is 9.36. The minimum absolute atomic E-state index is 0.0574. The summed E-state index contributed by atoms with van der Waals surface area (Å²) in [5.74, 6) is -0.538. The van der Waals surface area contributed by atoms with Crippen LogP contribution in [0.25, 0.3) is 11.4 Å². The molecule has 0 radical (unpaired) electrons. The van der Waals surface area contributed by atoms with Gasteiger partial charge < -0.3 is 4.52 Å². The zero-order chi connectivity index (χ0) is 13.2. The Morgan fingerprint density at radius 1 is 1.22 bits per heavy atom. The molecule has 2 rings (SSSR count). The molecule has 0 aliphatic rings. The van der Waals surface area contributed by atoms with Crippen molar-refractivity contribution in [3.05, 3.63) is 35.7 Å². The van der Waals surface area contributed by atoms with Crippen LogP contribution in [-0.2, 0) is 11.9 Å². The highest BCUT2D eigenvalue weighted by Crippen LogP contribution is 2.29. The molecule has 96 valence electrons. The van der Waals surface area contributed by atoms with Crippen LogP contribution in [0, 0.1) is 0 Å². The first-order valence-corrected chi connectivity index (χ1v) is 6.39. The van der Waals surface area contributed by atoms with Crippen molar-refractivity contribution in [2.45, 2.75) is 11.9 Å². The lowest BCUT2D eigenvalue weighted by Crippen LogP contribution is -2.04. The van der Waals surface area contributed by atoms with Crippen LogP contribution in [0.5, 0.6) is 0 Å². The lowest BCUT2D eigenvalue weighted by molar-refractivity contribution is -0.159. The van der Waals surface area contributed by atoms with Crippen LogP contribution in [-0.4, -0.2) is 16.4 Å². The fraction of sp³-hybridized carbons (Fsp3) is 0.273. The molecule has 0 N–H and O–H groups in total. The predicted molar refractivity (Wildman–Crippen MR) is 62.0 cm³/mol. The van der Waals surface area contributed by atoms with E-state index in [-0.39, 0.29) is 5.82 Å². The van der Waals surface area contributed by atoms with Crippen molar-refractivity contribution >= 4 is 11.8 Å². The van der Waals surface area contributed by atoms with Crippen molar-refractivity contribution in [1.82, 2.24) is 10.1 Å². The molecule has 1 heterocycles. The van der Waals surface area contributed by atoms with Crippen LogP contribution >= 0.6 is 11.8 Å². The van der Waals surface area contributed by atoms with Crippen LogP contribution in [0.1, 0.15) is 11.5 Å². The molecule has 0 atom stereocenters. The summed E-state index contributed by atoms with van der Waals surface area (Å²) in [6, 6.07) is 7.01. The maximum absolute atomic E-state index is 12.3. The van der Waals surface area contributed by atoms with Crippen molar-refractivity contribution < 1.29 is 17.7 Å². The van der Waals surface area contributed by atoms with Gasteiger partial charge in [-0.05, 0) is 11.8 Å². The van der Waals surface area contributed by atoms with Gasteiger partial charge in [-0.25, -0.2) is 0 Å². The summed E-state index contributed by atoms with van der Waals surface area (Å²) < 4.78 is 41.0. The molecule has 2 aromatic rings. The van der Waals surface area contributed by atoms with E-state index in [0.717, 1.165) is 11.3 Å². The second kappa shape index (κ2) is 5.01. The summed E-state index contributed by atoms with van der Waals surface area (Å²) in [6.07, 6.45) is -2.63. The number of benzene rings is 1. The molecule has 1 aromatic heterocycles. The second-order valence-electron chi connectivity index (χ2n) is 3.55. The molecule has 0 fully saturated rings. The summed E-state index contributed by atoms with van der Waals surface area (Å²) in [5.41, 5.74) is 1.59. The Morgan fingerprint density at radius 3 is 2.39 bits per heavy atom. The Labute approximate surface area is 105 Å². The van der Waals surface area contributed by atoms with Gasteiger partial charge >= 0.3 is 12.1 Å². The normalized spacial score (nSPS) is 11.8. The van der Waals surface area contributed by atoms with Crippen LogP contribution in [0.4, 0.5) is 13.2 Å². The molecule has 0 aliphatic carbocycles. The Kier molecular flexibility index (Phi) is 3.60. The Hall–Kier alpha value is -1.50. The lowest BCUT2D eigenvalue weighted by Gasteiger charge is -1.99. The third kappa shape index (κ3) is 2.84. The minimum Gasteiger partial charge on any atom is -0.329 e. The molecule has 0 aliphatic heterocycles. The summed E-state index contributed by atoms with van der Waals surface area (Å²) in [7, 11) is 0. The van der Waals surface area contributed by atoms with Gasteiger partial charge in [-0.1, -0.05) is 29.4 Å². The number of hydrogen-bond donors (Lipinski definition) is 0. The molecule has 0 unspecified atom stereocenters. The Bertz CT molecular complexity index is 522. The maximum atomic E-state index is 12.3. The SMILES string of the molecule is CSCc1ccc(-c2noc(C(F)(F)F)n2)cc1. The highest BCUT2D eigenvalue weighted by atomic mass is 32.2. The van der Waals surface area contributed by atoms with Crippen molar-refractivity contribution in [2.75, 3.05) is 6.26 Å².